The van der Waals surface area contributed by atoms with E-state index in [1.807, 2.05) is 0 Å². The highest BCUT2D eigenvalue weighted by molar-refractivity contribution is 5.92. The molecule has 9 heteroatoms. The molecule has 9 nitrogen and oxygen atoms in total. The third kappa shape index (κ3) is 4.08. The van der Waals surface area contributed by atoms with Gasteiger partial charge in [0.15, 0.2) is 6.10 Å². The van der Waals surface area contributed by atoms with E-state index in [-0.39, 0.29) is 6.54 Å². The Morgan fingerprint density at radius 2 is 2.08 bits per heavy atom. The molecule has 0 aliphatic rings. The maximum Gasteiger partial charge on any atom is 0.338 e. The van der Waals surface area contributed by atoms with Gasteiger partial charge in [-0.05, 0) is 53.7 Å². The number of furan rings is 1. The lowest BCUT2D eigenvalue weighted by Gasteiger charge is -2.13. The first-order valence-electron chi connectivity index (χ1n) is 7.48. The van der Waals surface area contributed by atoms with E-state index in [0.29, 0.717) is 17.0 Å². The van der Waals surface area contributed by atoms with Crippen molar-refractivity contribution in [3.8, 4) is 5.69 Å². The van der Waals surface area contributed by atoms with Gasteiger partial charge in [-0.2, -0.15) is 0 Å². The highest BCUT2D eigenvalue weighted by Crippen LogP contribution is 2.10. The fourth-order valence-corrected chi connectivity index (χ4v) is 2.04. The molecule has 25 heavy (non-hydrogen) atoms. The fourth-order valence-electron chi connectivity index (χ4n) is 2.04. The average Bonchev–Trinajstić information content (AvgIpc) is 3.33. The predicted octanol–water partition coefficient (Wildman–Crippen LogP) is 1.12. The maximum absolute atomic E-state index is 12.1. The van der Waals surface area contributed by atoms with Crippen molar-refractivity contribution in [3.63, 3.8) is 0 Å². The molecule has 0 spiro atoms. The van der Waals surface area contributed by atoms with Crippen LogP contribution in [-0.2, 0) is 16.1 Å². The summed E-state index contributed by atoms with van der Waals surface area (Å²) >= 11 is 0. The van der Waals surface area contributed by atoms with Gasteiger partial charge in [0.2, 0.25) is 0 Å². The largest absolute Gasteiger partial charge is 0.467 e. The summed E-state index contributed by atoms with van der Waals surface area (Å²) in [5.41, 5.74) is 1.02. The molecule has 0 aliphatic carbocycles. The summed E-state index contributed by atoms with van der Waals surface area (Å²) in [7, 11) is 0. The second kappa shape index (κ2) is 7.39. The molecule has 1 N–H and O–H groups in total. The number of benzene rings is 1. The number of rotatable bonds is 6. The number of aromatic nitrogens is 4. The van der Waals surface area contributed by atoms with Crippen LogP contribution in [0.3, 0.4) is 0 Å². The molecule has 0 radical (unpaired) electrons. The van der Waals surface area contributed by atoms with Gasteiger partial charge in [0.1, 0.15) is 12.1 Å². The standard InChI is InChI=1S/C16H15N5O4/c1-11(15(22)17-9-14-3-2-8-24-14)25-16(23)12-4-6-13(7-5-12)21-10-18-19-20-21/h2-8,10-11H,9H2,1H3,(H,17,22). The summed E-state index contributed by atoms with van der Waals surface area (Å²) in [6.45, 7) is 1.74. The van der Waals surface area contributed by atoms with Crippen molar-refractivity contribution in [2.75, 3.05) is 0 Å². The molecule has 0 bridgehead atoms. The van der Waals surface area contributed by atoms with Gasteiger partial charge in [-0.1, -0.05) is 0 Å². The minimum atomic E-state index is -0.929. The Balaban J connectivity index is 1.54. The number of nitrogens with zero attached hydrogens (tertiary/aromatic N) is 4. The average molecular weight is 341 g/mol. The van der Waals surface area contributed by atoms with Crippen LogP contribution in [0.25, 0.3) is 5.69 Å². The third-order valence-corrected chi connectivity index (χ3v) is 3.39. The quantitative estimate of drug-likeness (QED) is 0.668. The predicted molar refractivity (Wildman–Crippen MR) is 84.6 cm³/mol. The van der Waals surface area contributed by atoms with Crippen LogP contribution in [0.4, 0.5) is 0 Å². The summed E-state index contributed by atoms with van der Waals surface area (Å²) < 4.78 is 11.7. The maximum atomic E-state index is 12.1. The Morgan fingerprint density at radius 3 is 2.72 bits per heavy atom. The van der Waals surface area contributed by atoms with Crippen LogP contribution in [0.1, 0.15) is 23.0 Å². The first kappa shape index (κ1) is 16.4. The molecule has 3 aromatic rings. The summed E-state index contributed by atoms with van der Waals surface area (Å²) in [4.78, 5) is 24.1. The number of carbonyl (C=O) groups excluding carboxylic acids is 2. The van der Waals surface area contributed by atoms with Gasteiger partial charge < -0.3 is 14.5 Å². The fraction of sp³-hybridized carbons (Fsp3) is 0.188. The number of amides is 1. The van der Waals surface area contributed by atoms with E-state index in [0.717, 1.165) is 0 Å². The topological polar surface area (TPSA) is 112 Å². The van der Waals surface area contributed by atoms with Crippen molar-refractivity contribution in [2.24, 2.45) is 0 Å². The van der Waals surface area contributed by atoms with E-state index in [2.05, 4.69) is 20.8 Å². The summed E-state index contributed by atoms with van der Waals surface area (Å²) in [5.74, 6) is -0.385. The first-order chi connectivity index (χ1) is 12.1. The number of esters is 1. The minimum Gasteiger partial charge on any atom is -0.467 e. The summed E-state index contributed by atoms with van der Waals surface area (Å²) in [6, 6.07) is 9.97. The minimum absolute atomic E-state index is 0.231. The zero-order valence-corrected chi connectivity index (χ0v) is 13.3. The van der Waals surface area contributed by atoms with E-state index in [9.17, 15) is 9.59 Å². The lowest BCUT2D eigenvalue weighted by Crippen LogP contribution is -2.35. The van der Waals surface area contributed by atoms with Crippen molar-refractivity contribution < 1.29 is 18.7 Å². The van der Waals surface area contributed by atoms with Crippen LogP contribution in [0, 0.1) is 0 Å². The molecule has 0 saturated carbocycles. The number of hydrogen-bond acceptors (Lipinski definition) is 7. The molecule has 128 valence electrons. The van der Waals surface area contributed by atoms with Gasteiger partial charge in [-0.25, -0.2) is 9.48 Å². The first-order valence-corrected chi connectivity index (χ1v) is 7.48. The highest BCUT2D eigenvalue weighted by atomic mass is 16.5. The summed E-state index contributed by atoms with van der Waals surface area (Å²) in [6.07, 6.45) is 2.03. The van der Waals surface area contributed by atoms with Crippen molar-refractivity contribution in [3.05, 3.63) is 60.3 Å². The second-order valence-electron chi connectivity index (χ2n) is 5.15. The SMILES string of the molecule is CC(OC(=O)c1ccc(-n2cnnn2)cc1)C(=O)NCc1ccco1. The van der Waals surface area contributed by atoms with Gasteiger partial charge in [-0.3, -0.25) is 4.79 Å². The van der Waals surface area contributed by atoms with Crippen LogP contribution >= 0.6 is 0 Å². The third-order valence-electron chi connectivity index (χ3n) is 3.39. The molecule has 2 heterocycles. The number of ether oxygens (including phenoxy) is 1. The smallest absolute Gasteiger partial charge is 0.338 e. The van der Waals surface area contributed by atoms with Gasteiger partial charge >= 0.3 is 5.97 Å². The van der Waals surface area contributed by atoms with Crippen LogP contribution in [-0.4, -0.2) is 38.2 Å². The molecule has 0 saturated heterocycles. The molecule has 0 aliphatic heterocycles. The van der Waals surface area contributed by atoms with Crippen LogP contribution in [0.2, 0.25) is 0 Å². The van der Waals surface area contributed by atoms with Gasteiger partial charge in [0.25, 0.3) is 5.91 Å². The lowest BCUT2D eigenvalue weighted by molar-refractivity contribution is -0.129. The number of carbonyl (C=O) groups is 2. The van der Waals surface area contributed by atoms with E-state index in [4.69, 9.17) is 9.15 Å². The normalized spacial score (nSPS) is 11.7. The Bertz CT molecular complexity index is 828. The van der Waals surface area contributed by atoms with Gasteiger partial charge in [0.05, 0.1) is 24.1 Å². The summed E-state index contributed by atoms with van der Waals surface area (Å²) in [5, 5.41) is 13.5. The lowest BCUT2D eigenvalue weighted by atomic mass is 10.2. The monoisotopic (exact) mass is 341 g/mol. The molecular weight excluding hydrogens is 326 g/mol. The van der Waals surface area contributed by atoms with E-state index >= 15 is 0 Å². The van der Waals surface area contributed by atoms with E-state index in [1.165, 1.54) is 24.2 Å². The molecule has 1 atom stereocenters. The molecule has 2 aromatic heterocycles. The van der Waals surface area contributed by atoms with Crippen molar-refractivity contribution in [1.82, 2.24) is 25.5 Å². The molecule has 1 amide bonds. The van der Waals surface area contributed by atoms with E-state index in [1.54, 1.807) is 36.4 Å². The highest BCUT2D eigenvalue weighted by Gasteiger charge is 2.19. The van der Waals surface area contributed by atoms with Gasteiger partial charge in [-0.15, -0.1) is 5.10 Å². The number of nitrogens with one attached hydrogen (secondary N) is 1. The number of tetrazole rings is 1. The second-order valence-corrected chi connectivity index (χ2v) is 5.15. The zero-order valence-electron chi connectivity index (χ0n) is 13.3. The van der Waals surface area contributed by atoms with Crippen molar-refractivity contribution in [2.45, 2.75) is 19.6 Å². The Morgan fingerprint density at radius 1 is 1.28 bits per heavy atom. The van der Waals surface area contributed by atoms with E-state index < -0.39 is 18.0 Å². The Hall–Kier alpha value is -3.49. The van der Waals surface area contributed by atoms with Gasteiger partial charge in [0, 0.05) is 0 Å². The van der Waals surface area contributed by atoms with Crippen LogP contribution in [0.5, 0.6) is 0 Å². The molecule has 1 aromatic carbocycles. The Labute approximate surface area is 142 Å². The zero-order chi connectivity index (χ0) is 17.6. The number of hydrogen-bond donors (Lipinski definition) is 1. The molecule has 1 unspecified atom stereocenters. The molecular formula is C16H15N5O4. The van der Waals surface area contributed by atoms with Crippen molar-refractivity contribution >= 4 is 11.9 Å². The van der Waals surface area contributed by atoms with Crippen LogP contribution in [0.15, 0.2) is 53.4 Å². The van der Waals surface area contributed by atoms with Crippen molar-refractivity contribution in [1.29, 1.82) is 0 Å². The Kier molecular flexibility index (Phi) is 4.84. The molecule has 0 fully saturated rings. The molecule has 3 rings (SSSR count). The van der Waals surface area contributed by atoms with Crippen LogP contribution < -0.4 is 5.32 Å².